The van der Waals surface area contributed by atoms with Crippen molar-refractivity contribution < 1.29 is 14.0 Å². The predicted octanol–water partition coefficient (Wildman–Crippen LogP) is 2.56. The molecule has 2 aromatic carbocycles. The Labute approximate surface area is 161 Å². The van der Waals surface area contributed by atoms with E-state index in [1.54, 1.807) is 19.2 Å². The number of carbonyl (C=O) groups excluding carboxylic acids is 2. The van der Waals surface area contributed by atoms with Crippen molar-refractivity contribution in [2.75, 3.05) is 12.1 Å². The Balaban J connectivity index is 1.80. The number of carbonyl (C=O) groups is 2. The molecule has 140 valence electrons. The maximum absolute atomic E-state index is 13.2. The van der Waals surface area contributed by atoms with Gasteiger partial charge in [0, 0.05) is 25.0 Å². The van der Waals surface area contributed by atoms with Crippen LogP contribution in [0.2, 0.25) is 5.02 Å². The molecule has 2 amide bonds. The molecule has 1 atom stereocenters. The van der Waals surface area contributed by atoms with Gasteiger partial charge in [0.1, 0.15) is 17.6 Å². The molecule has 0 saturated heterocycles. The van der Waals surface area contributed by atoms with E-state index in [-0.39, 0.29) is 18.0 Å². The third-order valence-electron chi connectivity index (χ3n) is 4.23. The van der Waals surface area contributed by atoms with Gasteiger partial charge in [0.05, 0.1) is 5.69 Å². The van der Waals surface area contributed by atoms with Gasteiger partial charge in [0.15, 0.2) is 0 Å². The van der Waals surface area contributed by atoms with Crippen LogP contribution in [0.1, 0.15) is 12.0 Å². The van der Waals surface area contributed by atoms with Gasteiger partial charge in [-0.15, -0.1) is 0 Å². The molecule has 0 aliphatic carbocycles. The molecule has 0 bridgehead atoms. The first-order valence-corrected chi connectivity index (χ1v) is 8.64. The summed E-state index contributed by atoms with van der Waals surface area (Å²) >= 11 is 5.98. The van der Waals surface area contributed by atoms with Crippen molar-refractivity contribution in [2.24, 2.45) is 10.8 Å². The van der Waals surface area contributed by atoms with Gasteiger partial charge in [0.2, 0.25) is 5.91 Å². The molecular formula is C19H18ClFN4O2. The quantitative estimate of drug-likeness (QED) is 0.854. The monoisotopic (exact) mass is 388 g/mol. The van der Waals surface area contributed by atoms with Gasteiger partial charge in [-0.3, -0.25) is 14.6 Å². The third-order valence-corrected chi connectivity index (χ3v) is 4.47. The molecule has 27 heavy (non-hydrogen) atoms. The lowest BCUT2D eigenvalue weighted by atomic mass is 10.1. The van der Waals surface area contributed by atoms with E-state index in [4.69, 9.17) is 17.3 Å². The highest BCUT2D eigenvalue weighted by Gasteiger charge is 2.35. The Bertz CT molecular complexity index is 901. The minimum Gasteiger partial charge on any atom is -0.368 e. The SMILES string of the molecule is CN(Cc1cccc(Cl)c1)C(=O)C1=NN(c2ccc(F)cc2)[C@H](C(N)=O)C1. The Morgan fingerprint density at radius 1 is 1.30 bits per heavy atom. The van der Waals surface area contributed by atoms with Gasteiger partial charge in [-0.25, -0.2) is 4.39 Å². The zero-order chi connectivity index (χ0) is 19.6. The van der Waals surface area contributed by atoms with Gasteiger partial charge in [0.25, 0.3) is 5.91 Å². The minimum atomic E-state index is -0.797. The number of amides is 2. The fourth-order valence-corrected chi connectivity index (χ4v) is 3.11. The molecular weight excluding hydrogens is 371 g/mol. The van der Waals surface area contributed by atoms with Crippen molar-refractivity contribution in [3.05, 3.63) is 64.9 Å². The van der Waals surface area contributed by atoms with Crippen molar-refractivity contribution in [2.45, 2.75) is 19.0 Å². The number of hydrogen-bond donors (Lipinski definition) is 1. The number of primary amides is 1. The standard InChI is InChI=1S/C19H18ClFN4O2/c1-24(11-12-3-2-4-13(20)9-12)19(27)16-10-17(18(22)26)25(23-16)15-7-5-14(21)6-8-15/h2-9,17H,10-11H2,1H3,(H2,22,26)/t17-/m0/s1. The molecule has 1 heterocycles. The number of nitrogens with zero attached hydrogens (tertiary/aromatic N) is 3. The van der Waals surface area contributed by atoms with E-state index < -0.39 is 17.8 Å². The summed E-state index contributed by atoms with van der Waals surface area (Å²) in [5, 5.41) is 6.23. The number of hydrogen-bond acceptors (Lipinski definition) is 4. The second-order valence-corrected chi connectivity index (χ2v) is 6.72. The zero-order valence-electron chi connectivity index (χ0n) is 14.6. The number of hydrazone groups is 1. The van der Waals surface area contributed by atoms with Gasteiger partial charge < -0.3 is 10.6 Å². The van der Waals surface area contributed by atoms with Crippen LogP contribution in [0.3, 0.4) is 0 Å². The maximum Gasteiger partial charge on any atom is 0.270 e. The Kier molecular flexibility index (Phi) is 5.41. The number of nitrogens with two attached hydrogens (primary N) is 1. The van der Waals surface area contributed by atoms with Gasteiger partial charge >= 0.3 is 0 Å². The van der Waals surface area contributed by atoms with Crippen LogP contribution >= 0.6 is 11.6 Å². The smallest absolute Gasteiger partial charge is 0.270 e. The number of rotatable bonds is 5. The first-order valence-electron chi connectivity index (χ1n) is 8.26. The van der Waals surface area contributed by atoms with Crippen LogP contribution in [0, 0.1) is 5.82 Å². The maximum atomic E-state index is 13.2. The average Bonchev–Trinajstić information content (AvgIpc) is 3.07. The van der Waals surface area contributed by atoms with Gasteiger partial charge in [-0.2, -0.15) is 5.10 Å². The minimum absolute atomic E-state index is 0.0887. The molecule has 6 nitrogen and oxygen atoms in total. The van der Waals surface area contributed by atoms with Crippen molar-refractivity contribution in [1.82, 2.24) is 4.90 Å². The van der Waals surface area contributed by atoms with Crippen LogP contribution in [-0.2, 0) is 16.1 Å². The van der Waals surface area contributed by atoms with Crippen LogP contribution in [0.25, 0.3) is 0 Å². The molecule has 0 saturated carbocycles. The number of halogens is 2. The molecule has 1 aliphatic rings. The van der Waals surface area contributed by atoms with Crippen LogP contribution in [0.5, 0.6) is 0 Å². The normalized spacial score (nSPS) is 16.2. The van der Waals surface area contributed by atoms with Gasteiger partial charge in [-0.1, -0.05) is 23.7 Å². The number of benzene rings is 2. The summed E-state index contributed by atoms with van der Waals surface area (Å²) in [4.78, 5) is 26.1. The second-order valence-electron chi connectivity index (χ2n) is 6.28. The molecule has 2 aromatic rings. The molecule has 1 aliphatic heterocycles. The third kappa shape index (κ3) is 4.25. The molecule has 8 heteroatoms. The average molecular weight is 389 g/mol. The number of anilines is 1. The summed E-state index contributed by atoms with van der Waals surface area (Å²) in [6.07, 6.45) is 0.0887. The lowest BCUT2D eigenvalue weighted by molar-refractivity contribution is -0.123. The highest BCUT2D eigenvalue weighted by molar-refractivity contribution is 6.40. The molecule has 0 aromatic heterocycles. The van der Waals surface area contributed by atoms with Crippen LogP contribution in [0.4, 0.5) is 10.1 Å². The fourth-order valence-electron chi connectivity index (χ4n) is 2.89. The van der Waals surface area contributed by atoms with E-state index in [1.165, 1.54) is 34.2 Å². The van der Waals surface area contributed by atoms with Crippen molar-refractivity contribution >= 4 is 34.8 Å². The fraction of sp³-hybridized carbons (Fsp3) is 0.211. The summed E-state index contributed by atoms with van der Waals surface area (Å²) < 4.78 is 13.2. The van der Waals surface area contributed by atoms with E-state index >= 15 is 0 Å². The summed E-state index contributed by atoms with van der Waals surface area (Å²) in [5.74, 6) is -1.33. The molecule has 0 radical (unpaired) electrons. The topological polar surface area (TPSA) is 79.0 Å². The Morgan fingerprint density at radius 2 is 2.00 bits per heavy atom. The summed E-state index contributed by atoms with van der Waals surface area (Å²) in [7, 11) is 1.64. The lowest BCUT2D eigenvalue weighted by Gasteiger charge is -2.20. The van der Waals surface area contributed by atoms with E-state index in [1.807, 2.05) is 12.1 Å². The first-order chi connectivity index (χ1) is 12.8. The summed E-state index contributed by atoms with van der Waals surface area (Å²) in [6, 6.07) is 11.9. The van der Waals surface area contributed by atoms with E-state index in [0.717, 1.165) is 5.56 Å². The van der Waals surface area contributed by atoms with E-state index in [9.17, 15) is 14.0 Å². The lowest BCUT2D eigenvalue weighted by Crippen LogP contribution is -2.40. The molecule has 0 unspecified atom stereocenters. The van der Waals surface area contributed by atoms with E-state index in [2.05, 4.69) is 5.10 Å². The molecule has 3 rings (SSSR count). The van der Waals surface area contributed by atoms with Crippen LogP contribution in [0.15, 0.2) is 53.6 Å². The highest BCUT2D eigenvalue weighted by Crippen LogP contribution is 2.25. The molecule has 0 fully saturated rings. The second kappa shape index (κ2) is 7.75. The zero-order valence-corrected chi connectivity index (χ0v) is 15.4. The summed E-state index contributed by atoms with van der Waals surface area (Å²) in [6.45, 7) is 0.343. The van der Waals surface area contributed by atoms with Crippen molar-refractivity contribution in [1.29, 1.82) is 0 Å². The van der Waals surface area contributed by atoms with Crippen molar-refractivity contribution in [3.8, 4) is 0 Å². The first kappa shape index (κ1) is 18.8. The summed E-state index contributed by atoms with van der Waals surface area (Å²) in [5.41, 5.74) is 7.04. The van der Waals surface area contributed by atoms with Crippen molar-refractivity contribution in [3.63, 3.8) is 0 Å². The molecule has 0 spiro atoms. The predicted molar refractivity (Wildman–Crippen MR) is 102 cm³/mol. The Hall–Kier alpha value is -2.93. The highest BCUT2D eigenvalue weighted by atomic mass is 35.5. The Morgan fingerprint density at radius 3 is 2.63 bits per heavy atom. The largest absolute Gasteiger partial charge is 0.368 e. The molecule has 2 N–H and O–H groups in total. The van der Waals surface area contributed by atoms with Crippen LogP contribution < -0.4 is 10.7 Å². The van der Waals surface area contributed by atoms with E-state index in [0.29, 0.717) is 17.3 Å². The van der Waals surface area contributed by atoms with Gasteiger partial charge in [-0.05, 0) is 42.0 Å². The van der Waals surface area contributed by atoms with Crippen LogP contribution in [-0.4, -0.2) is 35.5 Å².